The summed E-state index contributed by atoms with van der Waals surface area (Å²) in [4.78, 5) is 15.8. The quantitative estimate of drug-likeness (QED) is 0.770. The number of carbonyl (C=O) groups is 1. The van der Waals surface area contributed by atoms with Gasteiger partial charge in [0.15, 0.2) is 0 Å². The number of nitrogens with one attached hydrogen (secondary N) is 1. The van der Waals surface area contributed by atoms with Gasteiger partial charge in [-0.05, 0) is 76.1 Å². The summed E-state index contributed by atoms with van der Waals surface area (Å²) in [6.07, 6.45) is 9.66. The zero-order chi connectivity index (χ0) is 19.9. The minimum Gasteiger partial charge on any atom is -0.486 e. The summed E-state index contributed by atoms with van der Waals surface area (Å²) >= 11 is 6.36. The number of aryl methyl sites for hydroxylation is 1. The second kappa shape index (κ2) is 7.87. The Kier molecular flexibility index (Phi) is 5.63. The Morgan fingerprint density at radius 3 is 2.57 bits per heavy atom. The van der Waals surface area contributed by atoms with Crippen LogP contribution in [0.5, 0.6) is 5.75 Å². The summed E-state index contributed by atoms with van der Waals surface area (Å²) in [6.45, 7) is 4.34. The van der Waals surface area contributed by atoms with E-state index >= 15 is 0 Å². The topological polar surface area (TPSA) is 41.6 Å². The lowest BCUT2D eigenvalue weighted by Crippen LogP contribution is -2.55. The number of amides is 1. The first-order chi connectivity index (χ1) is 13.4. The third kappa shape index (κ3) is 3.66. The first kappa shape index (κ1) is 20.0. The molecule has 0 radical (unpaired) electrons. The standard InChI is InChI=1S/C23H33ClN2O2/c1-4-23(5-2)10-9-15-11-16(24)12-20(21(15)28-23)22(27)25-17-13-18-7-6-8-19(14-17)26(18)3/h11-12,17-19H,4-10,13-14H2,1-3H3,(H,25,27). The van der Waals surface area contributed by atoms with E-state index < -0.39 is 0 Å². The van der Waals surface area contributed by atoms with Crippen LogP contribution in [0.15, 0.2) is 12.1 Å². The number of rotatable bonds is 4. The van der Waals surface area contributed by atoms with Crippen LogP contribution in [0.4, 0.5) is 0 Å². The van der Waals surface area contributed by atoms with E-state index in [1.54, 1.807) is 6.07 Å². The highest BCUT2D eigenvalue weighted by Crippen LogP contribution is 2.41. The van der Waals surface area contributed by atoms with E-state index in [1.807, 2.05) is 6.07 Å². The van der Waals surface area contributed by atoms with E-state index in [0.29, 0.717) is 22.7 Å². The molecular formula is C23H33ClN2O2. The normalized spacial score (nSPS) is 28.9. The number of hydrogen-bond donors (Lipinski definition) is 1. The average Bonchev–Trinajstić information content (AvgIpc) is 2.68. The van der Waals surface area contributed by atoms with Crippen molar-refractivity contribution >= 4 is 17.5 Å². The van der Waals surface area contributed by atoms with E-state index in [0.717, 1.165) is 49.8 Å². The minimum atomic E-state index is -0.166. The molecule has 2 fully saturated rings. The van der Waals surface area contributed by atoms with Crippen molar-refractivity contribution in [3.63, 3.8) is 0 Å². The number of fused-ring (bicyclic) bond motifs is 3. The number of carbonyl (C=O) groups excluding carboxylic acids is 1. The number of halogens is 1. The summed E-state index contributed by atoms with van der Waals surface area (Å²) in [5.41, 5.74) is 1.51. The van der Waals surface area contributed by atoms with Crippen molar-refractivity contribution in [1.29, 1.82) is 0 Å². The van der Waals surface area contributed by atoms with Gasteiger partial charge in [-0.3, -0.25) is 4.79 Å². The molecule has 28 heavy (non-hydrogen) atoms. The Balaban J connectivity index is 1.56. The van der Waals surface area contributed by atoms with Gasteiger partial charge in [0.25, 0.3) is 5.91 Å². The fourth-order valence-electron chi connectivity index (χ4n) is 5.50. The fourth-order valence-corrected chi connectivity index (χ4v) is 5.74. The predicted molar refractivity (Wildman–Crippen MR) is 113 cm³/mol. The van der Waals surface area contributed by atoms with Crippen LogP contribution in [0.2, 0.25) is 5.02 Å². The van der Waals surface area contributed by atoms with Crippen molar-refractivity contribution in [2.75, 3.05) is 7.05 Å². The molecule has 0 aromatic heterocycles. The monoisotopic (exact) mass is 404 g/mol. The Morgan fingerprint density at radius 2 is 1.93 bits per heavy atom. The van der Waals surface area contributed by atoms with Crippen LogP contribution in [0.25, 0.3) is 0 Å². The Labute approximate surface area is 174 Å². The van der Waals surface area contributed by atoms with Gasteiger partial charge in [-0.15, -0.1) is 0 Å². The van der Waals surface area contributed by atoms with Gasteiger partial charge in [0.1, 0.15) is 11.4 Å². The zero-order valence-electron chi connectivity index (χ0n) is 17.4. The van der Waals surface area contributed by atoms with E-state index in [1.165, 1.54) is 19.3 Å². The molecule has 4 rings (SSSR count). The molecule has 3 aliphatic heterocycles. The lowest BCUT2D eigenvalue weighted by atomic mass is 9.82. The Hall–Kier alpha value is -1.26. The van der Waals surface area contributed by atoms with Crippen LogP contribution >= 0.6 is 11.6 Å². The molecule has 2 bridgehead atoms. The fraction of sp³-hybridized carbons (Fsp3) is 0.696. The molecule has 0 aliphatic carbocycles. The maximum Gasteiger partial charge on any atom is 0.255 e. The zero-order valence-corrected chi connectivity index (χ0v) is 18.1. The molecule has 3 aliphatic rings. The lowest BCUT2D eigenvalue weighted by molar-refractivity contribution is 0.0359. The Morgan fingerprint density at radius 1 is 1.25 bits per heavy atom. The first-order valence-electron chi connectivity index (χ1n) is 11.0. The predicted octanol–water partition coefficient (Wildman–Crippen LogP) is 4.97. The molecule has 4 nitrogen and oxygen atoms in total. The molecule has 0 spiro atoms. The smallest absolute Gasteiger partial charge is 0.255 e. The molecular weight excluding hydrogens is 372 g/mol. The summed E-state index contributed by atoms with van der Waals surface area (Å²) in [5.74, 6) is 0.722. The molecule has 2 saturated heterocycles. The highest BCUT2D eigenvalue weighted by molar-refractivity contribution is 6.31. The number of ether oxygens (including phenoxy) is 1. The molecule has 1 aromatic carbocycles. The molecule has 0 saturated carbocycles. The van der Waals surface area contributed by atoms with Crippen molar-refractivity contribution in [2.24, 2.45) is 0 Å². The van der Waals surface area contributed by atoms with Gasteiger partial charge >= 0.3 is 0 Å². The second-order valence-electron chi connectivity index (χ2n) is 8.98. The van der Waals surface area contributed by atoms with Crippen LogP contribution in [0, 0.1) is 0 Å². The molecule has 3 heterocycles. The average molecular weight is 405 g/mol. The molecule has 2 atom stereocenters. The highest BCUT2D eigenvalue weighted by Gasteiger charge is 2.38. The first-order valence-corrected chi connectivity index (χ1v) is 11.4. The van der Waals surface area contributed by atoms with Crippen LogP contribution in [0.3, 0.4) is 0 Å². The summed E-state index contributed by atoms with van der Waals surface area (Å²) in [7, 11) is 2.24. The largest absolute Gasteiger partial charge is 0.486 e. The number of benzene rings is 1. The van der Waals surface area contributed by atoms with E-state index in [-0.39, 0.29) is 17.6 Å². The number of piperidine rings is 2. The van der Waals surface area contributed by atoms with E-state index in [4.69, 9.17) is 16.3 Å². The van der Waals surface area contributed by atoms with Crippen LogP contribution in [0.1, 0.15) is 81.1 Å². The summed E-state index contributed by atoms with van der Waals surface area (Å²) in [5, 5.41) is 3.94. The highest BCUT2D eigenvalue weighted by atomic mass is 35.5. The Bertz CT molecular complexity index is 732. The molecule has 154 valence electrons. The molecule has 1 N–H and O–H groups in total. The number of nitrogens with zero attached hydrogens (tertiary/aromatic N) is 1. The SMILES string of the molecule is CCC1(CC)CCc2cc(Cl)cc(C(=O)NC3CC4CCCC(C3)N4C)c2O1. The maximum atomic E-state index is 13.3. The van der Waals surface area contributed by atoms with Gasteiger partial charge in [-0.25, -0.2) is 0 Å². The van der Waals surface area contributed by atoms with Crippen LogP contribution in [-0.4, -0.2) is 41.6 Å². The van der Waals surface area contributed by atoms with Crippen molar-refractivity contribution in [2.45, 2.75) is 95.4 Å². The van der Waals surface area contributed by atoms with Gasteiger partial charge in [0.05, 0.1) is 5.56 Å². The van der Waals surface area contributed by atoms with Gasteiger partial charge in [-0.2, -0.15) is 0 Å². The molecule has 1 amide bonds. The van der Waals surface area contributed by atoms with Crippen LogP contribution < -0.4 is 10.1 Å². The van der Waals surface area contributed by atoms with Crippen molar-refractivity contribution in [3.05, 3.63) is 28.3 Å². The minimum absolute atomic E-state index is 0.0330. The number of hydrogen-bond acceptors (Lipinski definition) is 3. The van der Waals surface area contributed by atoms with Crippen molar-refractivity contribution in [3.8, 4) is 5.75 Å². The maximum absolute atomic E-state index is 13.3. The van der Waals surface area contributed by atoms with Gasteiger partial charge in [0, 0.05) is 23.1 Å². The van der Waals surface area contributed by atoms with Crippen molar-refractivity contribution in [1.82, 2.24) is 10.2 Å². The third-order valence-corrected chi connectivity index (χ3v) is 7.73. The lowest BCUT2D eigenvalue weighted by Gasteiger charge is -2.47. The van der Waals surface area contributed by atoms with Gasteiger partial charge in [-0.1, -0.05) is 31.9 Å². The third-order valence-electron chi connectivity index (χ3n) is 7.51. The molecule has 5 heteroatoms. The van der Waals surface area contributed by atoms with Crippen LogP contribution in [-0.2, 0) is 6.42 Å². The van der Waals surface area contributed by atoms with Gasteiger partial charge in [0.2, 0.25) is 0 Å². The van der Waals surface area contributed by atoms with E-state index in [9.17, 15) is 4.79 Å². The molecule has 2 unspecified atom stereocenters. The van der Waals surface area contributed by atoms with Gasteiger partial charge < -0.3 is 15.0 Å². The summed E-state index contributed by atoms with van der Waals surface area (Å²) < 4.78 is 6.48. The molecule has 1 aromatic rings. The summed E-state index contributed by atoms with van der Waals surface area (Å²) in [6, 6.07) is 5.17. The second-order valence-corrected chi connectivity index (χ2v) is 9.42. The van der Waals surface area contributed by atoms with E-state index in [2.05, 4.69) is 31.1 Å². The van der Waals surface area contributed by atoms with Crippen molar-refractivity contribution < 1.29 is 9.53 Å².